The topological polar surface area (TPSA) is 74.2 Å². The molecule has 7 nitrogen and oxygen atoms in total. The molecule has 1 N–H and O–H groups in total. The summed E-state index contributed by atoms with van der Waals surface area (Å²) in [6, 6.07) is 13.8. The van der Waals surface area contributed by atoms with Crippen molar-refractivity contribution in [1.82, 2.24) is 15.2 Å². The molecule has 29 heavy (non-hydrogen) atoms. The summed E-state index contributed by atoms with van der Waals surface area (Å²) in [5.74, 6) is 0.891. The number of hydrogen-bond donors (Lipinski definition) is 1. The number of carbonyl (C=O) groups excluding carboxylic acids is 1. The lowest BCUT2D eigenvalue weighted by molar-refractivity contribution is 0.101. The number of ketones is 1. The maximum absolute atomic E-state index is 13.1. The minimum Gasteiger partial charge on any atom is -0.368 e. The highest BCUT2D eigenvalue weighted by Crippen LogP contribution is 2.21. The van der Waals surface area contributed by atoms with Crippen molar-refractivity contribution >= 4 is 28.9 Å². The fourth-order valence-corrected chi connectivity index (χ4v) is 3.29. The summed E-state index contributed by atoms with van der Waals surface area (Å²) < 4.78 is 13.1. The minimum atomic E-state index is -0.228. The molecule has 0 aliphatic carbocycles. The van der Waals surface area contributed by atoms with E-state index in [1.807, 2.05) is 12.1 Å². The first kappa shape index (κ1) is 18.8. The van der Waals surface area contributed by atoms with Crippen LogP contribution in [-0.4, -0.2) is 47.1 Å². The average Bonchev–Trinajstić information content (AvgIpc) is 2.75. The third-order valence-electron chi connectivity index (χ3n) is 4.87. The lowest BCUT2D eigenvalue weighted by Gasteiger charge is -2.36. The van der Waals surface area contributed by atoms with Gasteiger partial charge in [0.15, 0.2) is 11.6 Å². The standard InChI is InChI=1S/C21H21FN6O/c1-15(29)16-3-2-4-18(13-16)24-21-25-20(14-23-26-21)28-11-9-27(10-12-28)19-7-5-17(22)6-8-19/h2-8,13-14H,9-12H2,1H3,(H,24,25,26). The van der Waals surface area contributed by atoms with Gasteiger partial charge in [-0.3, -0.25) is 4.79 Å². The lowest BCUT2D eigenvalue weighted by Crippen LogP contribution is -2.46. The summed E-state index contributed by atoms with van der Waals surface area (Å²) in [6.07, 6.45) is 1.64. The number of nitrogens with zero attached hydrogens (tertiary/aromatic N) is 5. The maximum Gasteiger partial charge on any atom is 0.249 e. The van der Waals surface area contributed by atoms with Gasteiger partial charge in [0.1, 0.15) is 5.82 Å². The summed E-state index contributed by atoms with van der Waals surface area (Å²) in [5, 5.41) is 11.2. The normalized spacial score (nSPS) is 14.0. The highest BCUT2D eigenvalue weighted by atomic mass is 19.1. The maximum atomic E-state index is 13.1. The smallest absolute Gasteiger partial charge is 0.249 e. The van der Waals surface area contributed by atoms with Gasteiger partial charge in [-0.15, -0.1) is 5.10 Å². The fraction of sp³-hybridized carbons (Fsp3) is 0.238. The van der Waals surface area contributed by atoms with E-state index in [0.29, 0.717) is 11.5 Å². The van der Waals surface area contributed by atoms with Crippen molar-refractivity contribution in [2.24, 2.45) is 0 Å². The highest BCUT2D eigenvalue weighted by Gasteiger charge is 2.19. The predicted molar refractivity (Wildman–Crippen MR) is 110 cm³/mol. The molecule has 4 rings (SSSR count). The molecular formula is C21H21FN6O. The number of Topliss-reactive ketones (excluding diaryl/α,β-unsaturated/α-hetero) is 1. The second kappa shape index (κ2) is 8.22. The zero-order valence-corrected chi connectivity index (χ0v) is 16.0. The number of carbonyl (C=O) groups is 1. The van der Waals surface area contributed by atoms with Gasteiger partial charge in [-0.05, 0) is 43.3 Å². The molecule has 1 aliphatic heterocycles. The van der Waals surface area contributed by atoms with Crippen LogP contribution in [0.3, 0.4) is 0 Å². The number of benzene rings is 2. The molecular weight excluding hydrogens is 371 g/mol. The summed E-state index contributed by atoms with van der Waals surface area (Å²) in [5.41, 5.74) is 2.37. The molecule has 1 aliphatic rings. The Morgan fingerprint density at radius 3 is 2.48 bits per heavy atom. The lowest BCUT2D eigenvalue weighted by atomic mass is 10.1. The van der Waals surface area contributed by atoms with Crippen LogP contribution >= 0.6 is 0 Å². The van der Waals surface area contributed by atoms with E-state index in [2.05, 4.69) is 30.3 Å². The summed E-state index contributed by atoms with van der Waals surface area (Å²) in [4.78, 5) is 20.5. The van der Waals surface area contributed by atoms with Crippen LogP contribution in [0.1, 0.15) is 17.3 Å². The average molecular weight is 392 g/mol. The molecule has 0 spiro atoms. The van der Waals surface area contributed by atoms with E-state index in [-0.39, 0.29) is 11.6 Å². The van der Waals surface area contributed by atoms with Crippen molar-refractivity contribution in [2.75, 3.05) is 41.3 Å². The van der Waals surface area contributed by atoms with Gasteiger partial charge in [-0.2, -0.15) is 10.1 Å². The third-order valence-corrected chi connectivity index (χ3v) is 4.87. The third kappa shape index (κ3) is 4.48. The molecule has 0 bridgehead atoms. The highest BCUT2D eigenvalue weighted by molar-refractivity contribution is 5.95. The summed E-state index contributed by atoms with van der Waals surface area (Å²) in [6.45, 7) is 4.69. The Bertz CT molecular complexity index is 1000. The number of piperazine rings is 1. The van der Waals surface area contributed by atoms with Crippen LogP contribution in [0.5, 0.6) is 0 Å². The van der Waals surface area contributed by atoms with Gasteiger partial charge in [0.05, 0.1) is 6.20 Å². The minimum absolute atomic E-state index is 0.000435. The van der Waals surface area contributed by atoms with Crippen molar-refractivity contribution in [1.29, 1.82) is 0 Å². The number of hydrogen-bond acceptors (Lipinski definition) is 7. The van der Waals surface area contributed by atoms with E-state index in [4.69, 9.17) is 0 Å². The fourth-order valence-electron chi connectivity index (χ4n) is 3.29. The van der Waals surface area contributed by atoms with Crippen molar-refractivity contribution in [3.05, 3.63) is 66.1 Å². The van der Waals surface area contributed by atoms with Gasteiger partial charge in [0, 0.05) is 43.1 Å². The summed E-state index contributed by atoms with van der Waals surface area (Å²) in [7, 11) is 0. The Morgan fingerprint density at radius 2 is 1.76 bits per heavy atom. The number of rotatable bonds is 5. The Labute approximate surface area is 168 Å². The molecule has 0 saturated carbocycles. The van der Waals surface area contributed by atoms with Crippen LogP contribution in [0.2, 0.25) is 0 Å². The predicted octanol–water partition coefficient (Wildman–Crippen LogP) is 3.28. The Kier molecular flexibility index (Phi) is 5.33. The molecule has 2 aromatic carbocycles. The van der Waals surface area contributed by atoms with Crippen LogP contribution < -0.4 is 15.1 Å². The van der Waals surface area contributed by atoms with Gasteiger partial charge >= 0.3 is 0 Å². The molecule has 1 fully saturated rings. The number of anilines is 4. The van der Waals surface area contributed by atoms with Crippen LogP contribution in [-0.2, 0) is 0 Å². The zero-order chi connectivity index (χ0) is 20.2. The second-order valence-electron chi connectivity index (χ2n) is 6.85. The van der Waals surface area contributed by atoms with E-state index in [1.165, 1.54) is 19.1 Å². The van der Waals surface area contributed by atoms with Crippen molar-refractivity contribution in [3.63, 3.8) is 0 Å². The Hall–Kier alpha value is -3.55. The second-order valence-corrected chi connectivity index (χ2v) is 6.85. The molecule has 2 heterocycles. The van der Waals surface area contributed by atoms with E-state index >= 15 is 0 Å². The molecule has 148 valence electrons. The van der Waals surface area contributed by atoms with E-state index in [0.717, 1.165) is 43.4 Å². The summed E-state index contributed by atoms with van der Waals surface area (Å²) >= 11 is 0. The van der Waals surface area contributed by atoms with E-state index in [9.17, 15) is 9.18 Å². The van der Waals surface area contributed by atoms with Gasteiger partial charge < -0.3 is 15.1 Å². The molecule has 8 heteroatoms. The molecule has 0 atom stereocenters. The van der Waals surface area contributed by atoms with Crippen LogP contribution in [0.15, 0.2) is 54.7 Å². The first-order valence-corrected chi connectivity index (χ1v) is 9.42. The van der Waals surface area contributed by atoms with Crippen molar-refractivity contribution in [3.8, 4) is 0 Å². The molecule has 0 amide bonds. The molecule has 3 aromatic rings. The monoisotopic (exact) mass is 392 g/mol. The van der Waals surface area contributed by atoms with Gasteiger partial charge in [0.25, 0.3) is 0 Å². The first-order chi connectivity index (χ1) is 14.1. The van der Waals surface area contributed by atoms with Crippen molar-refractivity contribution < 1.29 is 9.18 Å². The largest absolute Gasteiger partial charge is 0.368 e. The molecule has 1 aromatic heterocycles. The van der Waals surface area contributed by atoms with Gasteiger partial charge in [-0.1, -0.05) is 12.1 Å². The number of aromatic nitrogens is 3. The van der Waals surface area contributed by atoms with E-state index in [1.54, 1.807) is 30.5 Å². The Balaban J connectivity index is 1.42. The van der Waals surface area contributed by atoms with Crippen LogP contribution in [0, 0.1) is 5.82 Å². The quantitative estimate of drug-likeness (QED) is 0.668. The van der Waals surface area contributed by atoms with Gasteiger partial charge in [-0.25, -0.2) is 4.39 Å². The first-order valence-electron chi connectivity index (χ1n) is 9.42. The van der Waals surface area contributed by atoms with Gasteiger partial charge in [0.2, 0.25) is 5.95 Å². The van der Waals surface area contributed by atoms with Crippen LogP contribution in [0.25, 0.3) is 0 Å². The number of nitrogens with one attached hydrogen (secondary N) is 1. The zero-order valence-electron chi connectivity index (χ0n) is 16.0. The molecule has 1 saturated heterocycles. The molecule has 0 radical (unpaired) electrons. The van der Waals surface area contributed by atoms with Crippen molar-refractivity contribution in [2.45, 2.75) is 6.92 Å². The van der Waals surface area contributed by atoms with Crippen LogP contribution in [0.4, 0.5) is 27.5 Å². The SMILES string of the molecule is CC(=O)c1cccc(Nc2nncc(N3CCN(c4ccc(F)cc4)CC3)n2)c1. The number of halogens is 1. The Morgan fingerprint density at radius 1 is 1.03 bits per heavy atom. The van der Waals surface area contributed by atoms with E-state index < -0.39 is 0 Å². The molecule has 0 unspecified atom stereocenters.